The lowest BCUT2D eigenvalue weighted by molar-refractivity contribution is -0.118. The molecule has 2 bridgehead atoms. The molecule has 1 fully saturated rings. The first-order valence-electron chi connectivity index (χ1n) is 6.57. The Bertz CT molecular complexity index is 683. The molecule has 21 heavy (non-hydrogen) atoms. The van der Waals surface area contributed by atoms with Crippen molar-refractivity contribution in [1.82, 2.24) is 24.9 Å². The molecular formula is C13H13N5O2S. The Hall–Kier alpha value is -2.19. The SMILES string of the molecule is C=CCON1C(=O)N2C[C@@H]1c1scnc1[C@H]2c1ncc[nH]1. The summed E-state index contributed by atoms with van der Waals surface area (Å²) in [5.74, 6) is 0.722. The van der Waals surface area contributed by atoms with Crippen molar-refractivity contribution >= 4 is 17.4 Å². The molecule has 1 saturated heterocycles. The summed E-state index contributed by atoms with van der Waals surface area (Å²) in [5, 5.41) is 1.43. The Balaban J connectivity index is 1.78. The van der Waals surface area contributed by atoms with Gasteiger partial charge in [0, 0.05) is 12.4 Å². The molecule has 2 aliphatic heterocycles. The zero-order valence-electron chi connectivity index (χ0n) is 11.1. The summed E-state index contributed by atoms with van der Waals surface area (Å²) in [4.78, 5) is 32.8. The Morgan fingerprint density at radius 3 is 3.24 bits per heavy atom. The quantitative estimate of drug-likeness (QED) is 0.875. The average molecular weight is 303 g/mol. The second-order valence-electron chi connectivity index (χ2n) is 4.84. The number of hydrogen-bond acceptors (Lipinski definition) is 5. The molecule has 0 aliphatic carbocycles. The number of urea groups is 1. The Kier molecular flexibility index (Phi) is 2.79. The summed E-state index contributed by atoms with van der Waals surface area (Å²) in [6.45, 7) is 4.50. The lowest BCUT2D eigenvalue weighted by Crippen LogP contribution is -2.35. The van der Waals surface area contributed by atoms with E-state index in [4.69, 9.17) is 4.84 Å². The predicted octanol–water partition coefficient (Wildman–Crippen LogP) is 1.87. The van der Waals surface area contributed by atoms with Crippen molar-refractivity contribution in [3.05, 3.63) is 47.0 Å². The van der Waals surface area contributed by atoms with Crippen molar-refractivity contribution in [2.75, 3.05) is 13.2 Å². The van der Waals surface area contributed by atoms with Crippen LogP contribution < -0.4 is 0 Å². The number of H-pyrrole nitrogens is 1. The van der Waals surface area contributed by atoms with E-state index in [1.807, 2.05) is 0 Å². The van der Waals surface area contributed by atoms with Crippen LogP contribution in [0.2, 0.25) is 0 Å². The molecule has 8 heteroatoms. The van der Waals surface area contributed by atoms with Gasteiger partial charge >= 0.3 is 6.03 Å². The minimum absolute atomic E-state index is 0.105. The average Bonchev–Trinajstić information content (AvgIpc) is 3.21. The molecule has 0 saturated carbocycles. The van der Waals surface area contributed by atoms with Gasteiger partial charge in [-0.25, -0.2) is 14.8 Å². The number of thiazole rings is 1. The Labute approximate surface area is 124 Å². The van der Waals surface area contributed by atoms with Crippen LogP contribution in [-0.4, -0.2) is 44.1 Å². The van der Waals surface area contributed by atoms with Gasteiger partial charge in [0.25, 0.3) is 0 Å². The third-order valence-corrected chi connectivity index (χ3v) is 4.64. The van der Waals surface area contributed by atoms with Gasteiger partial charge in [0.2, 0.25) is 0 Å². The highest BCUT2D eigenvalue weighted by atomic mass is 32.1. The van der Waals surface area contributed by atoms with E-state index in [1.165, 1.54) is 5.06 Å². The van der Waals surface area contributed by atoms with Crippen LogP contribution >= 0.6 is 11.3 Å². The molecule has 4 rings (SSSR count). The Morgan fingerprint density at radius 2 is 2.48 bits per heavy atom. The molecule has 7 nitrogen and oxygen atoms in total. The van der Waals surface area contributed by atoms with Gasteiger partial charge < -0.3 is 9.88 Å². The minimum atomic E-state index is -0.276. The highest BCUT2D eigenvalue weighted by molar-refractivity contribution is 7.09. The standard InChI is InChI=1S/C13H13N5O2S/c1-2-5-20-18-8-6-17(13(18)19)10(12-14-3-4-15-12)9-11(8)21-7-16-9/h2-4,7-8,10H,1,5-6H2,(H,14,15)/t8-,10+/m1/s1. The molecule has 1 N–H and O–H groups in total. The molecule has 0 aromatic carbocycles. The number of aromatic nitrogens is 3. The molecule has 0 radical (unpaired) electrons. The molecule has 0 unspecified atom stereocenters. The van der Waals surface area contributed by atoms with E-state index < -0.39 is 0 Å². The first-order valence-corrected chi connectivity index (χ1v) is 7.45. The van der Waals surface area contributed by atoms with Crippen molar-refractivity contribution in [1.29, 1.82) is 0 Å². The van der Waals surface area contributed by atoms with Crippen LogP contribution in [0, 0.1) is 0 Å². The minimum Gasteiger partial charge on any atom is -0.347 e. The second-order valence-corrected chi connectivity index (χ2v) is 5.73. The van der Waals surface area contributed by atoms with Gasteiger partial charge in [0.15, 0.2) is 0 Å². The molecule has 2 aliphatic rings. The van der Waals surface area contributed by atoms with E-state index in [0.29, 0.717) is 13.2 Å². The van der Waals surface area contributed by atoms with Gasteiger partial charge in [-0.05, 0) is 0 Å². The molecule has 4 heterocycles. The van der Waals surface area contributed by atoms with Crippen LogP contribution in [0.4, 0.5) is 4.79 Å². The fourth-order valence-corrected chi connectivity index (χ4v) is 3.74. The lowest BCUT2D eigenvalue weighted by Gasteiger charge is -2.28. The van der Waals surface area contributed by atoms with Crippen molar-refractivity contribution < 1.29 is 9.63 Å². The van der Waals surface area contributed by atoms with E-state index in [1.54, 1.807) is 40.2 Å². The number of hydroxylamine groups is 2. The number of nitrogens with one attached hydrogen (secondary N) is 1. The van der Waals surface area contributed by atoms with E-state index in [-0.39, 0.29) is 18.1 Å². The highest BCUT2D eigenvalue weighted by Crippen LogP contribution is 2.46. The number of imidazole rings is 1. The molecule has 0 spiro atoms. The first kappa shape index (κ1) is 12.5. The van der Waals surface area contributed by atoms with Crippen molar-refractivity contribution in [3.8, 4) is 0 Å². The van der Waals surface area contributed by atoms with E-state index in [2.05, 4.69) is 21.5 Å². The van der Waals surface area contributed by atoms with Gasteiger partial charge in [0.05, 0.1) is 29.2 Å². The predicted molar refractivity (Wildman–Crippen MR) is 75.4 cm³/mol. The molecular weight excluding hydrogens is 290 g/mol. The van der Waals surface area contributed by atoms with E-state index >= 15 is 0 Å². The topological polar surface area (TPSA) is 74.3 Å². The van der Waals surface area contributed by atoms with Gasteiger partial charge in [-0.1, -0.05) is 6.08 Å². The third-order valence-electron chi connectivity index (χ3n) is 3.69. The molecule has 2 aromatic rings. The van der Waals surface area contributed by atoms with E-state index in [9.17, 15) is 4.79 Å². The molecule has 2 atom stereocenters. The van der Waals surface area contributed by atoms with Crippen molar-refractivity contribution in [2.45, 2.75) is 12.1 Å². The van der Waals surface area contributed by atoms with Crippen molar-refractivity contribution in [2.24, 2.45) is 0 Å². The summed E-state index contributed by atoms with van der Waals surface area (Å²) in [6, 6.07) is -0.540. The maximum absolute atomic E-state index is 12.6. The number of rotatable bonds is 4. The summed E-state index contributed by atoms with van der Waals surface area (Å²) < 4.78 is 0. The van der Waals surface area contributed by atoms with Crippen LogP contribution in [0.25, 0.3) is 0 Å². The molecule has 108 valence electrons. The number of carbonyl (C=O) groups excluding carboxylic acids is 1. The van der Waals surface area contributed by atoms with Crippen LogP contribution in [-0.2, 0) is 4.84 Å². The van der Waals surface area contributed by atoms with Crippen LogP contribution in [0.1, 0.15) is 28.5 Å². The Morgan fingerprint density at radius 1 is 1.57 bits per heavy atom. The fraction of sp³-hybridized carbons (Fsp3) is 0.308. The summed E-state index contributed by atoms with van der Waals surface area (Å²) in [6.07, 6.45) is 5.06. The van der Waals surface area contributed by atoms with Gasteiger partial charge in [-0.2, -0.15) is 5.06 Å². The fourth-order valence-electron chi connectivity index (χ4n) is 2.85. The largest absolute Gasteiger partial charge is 0.347 e. The normalized spacial score (nSPS) is 23.5. The van der Waals surface area contributed by atoms with Crippen LogP contribution in [0.15, 0.2) is 30.6 Å². The van der Waals surface area contributed by atoms with Gasteiger partial charge in [-0.15, -0.1) is 17.9 Å². The van der Waals surface area contributed by atoms with Crippen molar-refractivity contribution in [3.63, 3.8) is 0 Å². The highest BCUT2D eigenvalue weighted by Gasteiger charge is 2.51. The zero-order valence-corrected chi connectivity index (χ0v) is 11.9. The number of nitrogens with zero attached hydrogens (tertiary/aromatic N) is 4. The summed E-state index contributed by atoms with van der Waals surface area (Å²) >= 11 is 1.55. The van der Waals surface area contributed by atoms with Crippen LogP contribution in [0.5, 0.6) is 0 Å². The lowest BCUT2D eigenvalue weighted by atomic mass is 10.0. The van der Waals surface area contributed by atoms with E-state index in [0.717, 1.165) is 16.4 Å². The second kappa shape index (κ2) is 4.68. The molecule has 2 amide bonds. The van der Waals surface area contributed by atoms with Gasteiger partial charge in [0.1, 0.15) is 17.9 Å². The molecule has 2 aromatic heterocycles. The zero-order chi connectivity index (χ0) is 14.4. The number of carbonyl (C=O) groups is 1. The maximum atomic E-state index is 12.6. The number of hydrogen-bond donors (Lipinski definition) is 1. The monoisotopic (exact) mass is 303 g/mol. The maximum Gasteiger partial charge on any atom is 0.345 e. The smallest absolute Gasteiger partial charge is 0.345 e. The number of amides is 2. The number of aromatic amines is 1. The van der Waals surface area contributed by atoms with Gasteiger partial charge in [-0.3, -0.25) is 4.84 Å². The van der Waals surface area contributed by atoms with Crippen LogP contribution in [0.3, 0.4) is 0 Å². The third kappa shape index (κ3) is 1.72. The summed E-state index contributed by atoms with van der Waals surface area (Å²) in [5.41, 5.74) is 2.68. The number of fused-ring (bicyclic) bond motifs is 4. The first-order chi connectivity index (χ1) is 10.3. The summed E-state index contributed by atoms with van der Waals surface area (Å²) in [7, 11) is 0.